The number of nitrogens with one attached hydrogen (secondary N) is 1. The van der Waals surface area contributed by atoms with Crippen LogP contribution in [0.15, 0.2) is 42.6 Å². The lowest BCUT2D eigenvalue weighted by atomic mass is 9.94. The number of carbonyl (C=O) groups is 1. The summed E-state index contributed by atoms with van der Waals surface area (Å²) >= 11 is 0. The van der Waals surface area contributed by atoms with Gasteiger partial charge in [-0.15, -0.1) is 0 Å². The highest BCUT2D eigenvalue weighted by atomic mass is 16.5. The van der Waals surface area contributed by atoms with E-state index in [-0.39, 0.29) is 11.8 Å². The number of anilines is 2. The summed E-state index contributed by atoms with van der Waals surface area (Å²) in [6.45, 7) is 5.53. The standard InChI is InChI=1S/C25H26N4O2/c1-16-4-5-20(12-17(16)2)28-25(30)18-8-10-29(11-9-18)24-19(14-26)15-27-23-13-21(31-3)6-7-22(23)24/h4-7,12-13,15,18H,8-11H2,1-3H3,(H,28,30). The van der Waals surface area contributed by atoms with E-state index in [2.05, 4.69) is 28.2 Å². The van der Waals surface area contributed by atoms with E-state index in [1.54, 1.807) is 13.3 Å². The molecule has 1 amide bonds. The number of aromatic nitrogens is 1. The van der Waals surface area contributed by atoms with E-state index in [0.717, 1.165) is 46.4 Å². The van der Waals surface area contributed by atoms with Gasteiger partial charge in [0.2, 0.25) is 5.91 Å². The van der Waals surface area contributed by atoms with Gasteiger partial charge in [-0.1, -0.05) is 6.07 Å². The lowest BCUT2D eigenvalue weighted by molar-refractivity contribution is -0.120. The topological polar surface area (TPSA) is 78.2 Å². The smallest absolute Gasteiger partial charge is 0.227 e. The molecule has 4 rings (SSSR count). The Bertz CT molecular complexity index is 1170. The maximum absolute atomic E-state index is 12.8. The van der Waals surface area contributed by atoms with Crippen molar-refractivity contribution in [3.63, 3.8) is 0 Å². The van der Waals surface area contributed by atoms with Crippen LogP contribution in [0, 0.1) is 31.1 Å². The van der Waals surface area contributed by atoms with Crippen molar-refractivity contribution in [2.45, 2.75) is 26.7 Å². The molecule has 1 aromatic heterocycles. The summed E-state index contributed by atoms with van der Waals surface area (Å²) in [6.07, 6.45) is 3.10. The Morgan fingerprint density at radius 1 is 1.16 bits per heavy atom. The molecule has 1 aliphatic rings. The van der Waals surface area contributed by atoms with Crippen molar-refractivity contribution >= 4 is 28.2 Å². The quantitative estimate of drug-likeness (QED) is 0.676. The fourth-order valence-electron chi connectivity index (χ4n) is 4.14. The Hall–Kier alpha value is -3.59. The van der Waals surface area contributed by atoms with Crippen LogP contribution in [0.25, 0.3) is 10.9 Å². The van der Waals surface area contributed by atoms with Crippen molar-refractivity contribution in [1.82, 2.24) is 4.98 Å². The van der Waals surface area contributed by atoms with Crippen molar-refractivity contribution in [3.8, 4) is 11.8 Å². The number of ether oxygens (including phenoxy) is 1. The van der Waals surface area contributed by atoms with Crippen molar-refractivity contribution in [2.75, 3.05) is 30.4 Å². The highest BCUT2D eigenvalue weighted by molar-refractivity contribution is 5.96. The van der Waals surface area contributed by atoms with E-state index in [9.17, 15) is 10.1 Å². The zero-order valence-corrected chi connectivity index (χ0v) is 18.1. The van der Waals surface area contributed by atoms with E-state index in [1.807, 2.05) is 43.3 Å². The predicted molar refractivity (Wildman–Crippen MR) is 122 cm³/mol. The molecule has 0 spiro atoms. The second-order valence-corrected chi connectivity index (χ2v) is 8.06. The first-order valence-corrected chi connectivity index (χ1v) is 10.5. The lowest BCUT2D eigenvalue weighted by Gasteiger charge is -2.34. The van der Waals surface area contributed by atoms with Gasteiger partial charge in [-0.3, -0.25) is 9.78 Å². The fraction of sp³-hybridized carbons (Fsp3) is 0.320. The van der Waals surface area contributed by atoms with E-state index in [0.29, 0.717) is 18.7 Å². The third-order valence-corrected chi connectivity index (χ3v) is 6.12. The zero-order valence-electron chi connectivity index (χ0n) is 18.1. The monoisotopic (exact) mass is 414 g/mol. The molecule has 0 radical (unpaired) electrons. The summed E-state index contributed by atoms with van der Waals surface area (Å²) in [5, 5.41) is 13.6. The molecule has 1 N–H and O–H groups in total. The maximum Gasteiger partial charge on any atom is 0.227 e. The molecule has 1 fully saturated rings. The Kier molecular flexibility index (Phi) is 5.77. The molecule has 0 atom stereocenters. The number of carbonyl (C=O) groups excluding carboxylic acids is 1. The van der Waals surface area contributed by atoms with E-state index < -0.39 is 0 Å². The number of nitrogens with zero attached hydrogens (tertiary/aromatic N) is 3. The van der Waals surface area contributed by atoms with Crippen molar-refractivity contribution in [2.24, 2.45) is 5.92 Å². The van der Waals surface area contributed by atoms with Crippen LogP contribution in [0.5, 0.6) is 5.75 Å². The Balaban J connectivity index is 1.50. The number of piperidine rings is 1. The first-order valence-electron chi connectivity index (χ1n) is 10.5. The van der Waals surface area contributed by atoms with Gasteiger partial charge in [0.15, 0.2) is 0 Å². The summed E-state index contributed by atoms with van der Waals surface area (Å²) < 4.78 is 5.30. The minimum Gasteiger partial charge on any atom is -0.497 e. The van der Waals surface area contributed by atoms with Crippen LogP contribution in [-0.2, 0) is 4.79 Å². The van der Waals surface area contributed by atoms with Crippen molar-refractivity contribution in [1.29, 1.82) is 5.26 Å². The highest BCUT2D eigenvalue weighted by Gasteiger charge is 2.27. The number of rotatable bonds is 4. The maximum atomic E-state index is 12.8. The Morgan fingerprint density at radius 2 is 1.94 bits per heavy atom. The molecule has 2 aromatic carbocycles. The van der Waals surface area contributed by atoms with Crippen LogP contribution in [-0.4, -0.2) is 31.1 Å². The molecule has 3 aromatic rings. The van der Waals surface area contributed by atoms with Crippen molar-refractivity contribution < 1.29 is 9.53 Å². The average molecular weight is 415 g/mol. The van der Waals surface area contributed by atoms with Gasteiger partial charge in [-0.05, 0) is 62.1 Å². The molecule has 0 bridgehead atoms. The zero-order chi connectivity index (χ0) is 22.0. The van der Waals surface area contributed by atoms with E-state index in [4.69, 9.17) is 4.74 Å². The molecule has 6 heteroatoms. The number of benzene rings is 2. The van der Waals surface area contributed by atoms with Gasteiger partial charge < -0.3 is 15.0 Å². The van der Waals surface area contributed by atoms with Gasteiger partial charge in [0.25, 0.3) is 0 Å². The molecule has 31 heavy (non-hydrogen) atoms. The molecule has 0 unspecified atom stereocenters. The van der Waals surface area contributed by atoms with Crippen LogP contribution in [0.3, 0.4) is 0 Å². The molecular formula is C25H26N4O2. The number of amides is 1. The van der Waals surface area contributed by atoms with Gasteiger partial charge >= 0.3 is 0 Å². The first-order chi connectivity index (χ1) is 15.0. The normalized spacial score (nSPS) is 14.3. The van der Waals surface area contributed by atoms with E-state index in [1.165, 1.54) is 5.56 Å². The molecule has 0 aliphatic carbocycles. The molecule has 1 saturated heterocycles. The summed E-state index contributed by atoms with van der Waals surface area (Å²) in [5.74, 6) is 0.752. The van der Waals surface area contributed by atoms with Gasteiger partial charge in [0.1, 0.15) is 11.8 Å². The highest BCUT2D eigenvalue weighted by Crippen LogP contribution is 2.34. The third kappa shape index (κ3) is 4.17. The molecule has 0 saturated carbocycles. The second-order valence-electron chi connectivity index (χ2n) is 8.06. The number of pyridine rings is 1. The molecule has 2 heterocycles. The van der Waals surface area contributed by atoms with Crippen LogP contribution in [0.1, 0.15) is 29.5 Å². The number of aryl methyl sites for hydroxylation is 2. The number of methoxy groups -OCH3 is 1. The van der Waals surface area contributed by atoms with Gasteiger partial charge in [-0.25, -0.2) is 0 Å². The minimum absolute atomic E-state index is 0.0448. The van der Waals surface area contributed by atoms with Crippen LogP contribution >= 0.6 is 0 Å². The largest absolute Gasteiger partial charge is 0.497 e. The summed E-state index contributed by atoms with van der Waals surface area (Å²) in [7, 11) is 1.62. The number of hydrogen-bond acceptors (Lipinski definition) is 5. The van der Waals surface area contributed by atoms with E-state index >= 15 is 0 Å². The van der Waals surface area contributed by atoms with Crippen molar-refractivity contribution in [3.05, 3.63) is 59.3 Å². The fourth-order valence-corrected chi connectivity index (χ4v) is 4.14. The van der Waals surface area contributed by atoms with Gasteiger partial charge in [0.05, 0.1) is 23.9 Å². The SMILES string of the molecule is COc1ccc2c(N3CCC(C(=O)Nc4ccc(C)c(C)c4)CC3)c(C#N)cnc2c1. The van der Waals surface area contributed by atoms with Crippen LogP contribution in [0.4, 0.5) is 11.4 Å². The Morgan fingerprint density at radius 3 is 2.61 bits per heavy atom. The molecule has 158 valence electrons. The molecular weight excluding hydrogens is 388 g/mol. The minimum atomic E-state index is -0.0448. The summed E-state index contributed by atoms with van der Waals surface area (Å²) in [5.41, 5.74) is 5.46. The van der Waals surface area contributed by atoms with Gasteiger partial charge in [-0.2, -0.15) is 5.26 Å². The lowest BCUT2D eigenvalue weighted by Crippen LogP contribution is -2.38. The Labute approximate surface area is 182 Å². The number of nitriles is 1. The summed E-state index contributed by atoms with van der Waals surface area (Å²) in [4.78, 5) is 19.4. The number of fused-ring (bicyclic) bond motifs is 1. The first kappa shape index (κ1) is 20.7. The molecule has 6 nitrogen and oxygen atoms in total. The average Bonchev–Trinajstić information content (AvgIpc) is 2.80. The summed E-state index contributed by atoms with van der Waals surface area (Å²) in [6, 6.07) is 14.0. The van der Waals surface area contributed by atoms with Gasteiger partial charge in [0, 0.05) is 42.3 Å². The molecule has 1 aliphatic heterocycles. The second kappa shape index (κ2) is 8.65. The number of hydrogen-bond donors (Lipinski definition) is 1. The van der Waals surface area contributed by atoms with Crippen LogP contribution in [0.2, 0.25) is 0 Å². The predicted octanol–water partition coefficient (Wildman–Crippen LogP) is 4.59. The third-order valence-electron chi connectivity index (χ3n) is 6.12. The van der Waals surface area contributed by atoms with Crippen LogP contribution < -0.4 is 15.0 Å².